The predicted molar refractivity (Wildman–Crippen MR) is 107 cm³/mol. The molecule has 140 valence electrons. The van der Waals surface area contributed by atoms with Crippen molar-refractivity contribution in [1.82, 2.24) is 15.1 Å². The van der Waals surface area contributed by atoms with Crippen molar-refractivity contribution in [3.63, 3.8) is 0 Å². The Balaban J connectivity index is 1.74. The van der Waals surface area contributed by atoms with E-state index in [2.05, 4.69) is 65.1 Å². The van der Waals surface area contributed by atoms with Crippen LogP contribution >= 0.6 is 0 Å². The van der Waals surface area contributed by atoms with Crippen molar-refractivity contribution < 1.29 is 0 Å². The molecule has 3 N–H and O–H groups in total. The van der Waals surface area contributed by atoms with E-state index in [0.29, 0.717) is 18.4 Å². The molecule has 1 aliphatic heterocycles. The van der Waals surface area contributed by atoms with E-state index in [9.17, 15) is 0 Å². The number of guanidine groups is 1. The van der Waals surface area contributed by atoms with Gasteiger partial charge in [0.05, 0.1) is 6.54 Å². The molecule has 0 atom stereocenters. The van der Waals surface area contributed by atoms with E-state index in [4.69, 9.17) is 5.73 Å². The molecule has 0 amide bonds. The molecule has 0 aliphatic carbocycles. The van der Waals surface area contributed by atoms with Gasteiger partial charge in [0, 0.05) is 39.3 Å². The first-order valence-electron chi connectivity index (χ1n) is 9.63. The Kier molecular flexibility index (Phi) is 8.22. The maximum Gasteiger partial charge on any atom is 0.188 e. The van der Waals surface area contributed by atoms with Crippen molar-refractivity contribution >= 4 is 5.96 Å². The van der Waals surface area contributed by atoms with Gasteiger partial charge in [-0.1, -0.05) is 45.0 Å². The van der Waals surface area contributed by atoms with Crippen LogP contribution in [0, 0.1) is 5.92 Å². The fourth-order valence-electron chi connectivity index (χ4n) is 2.99. The standard InChI is InChI=1S/C20H35N5/c1-4-24-11-13-25(14-12-24)16-19-7-5-18(6-8-19)15-23-20(21)22-10-9-17(2)3/h5-8,17H,4,9-16H2,1-3H3,(H3,21,22,23). The maximum absolute atomic E-state index is 5.91. The number of benzene rings is 1. The van der Waals surface area contributed by atoms with Crippen molar-refractivity contribution in [2.45, 2.75) is 40.3 Å². The van der Waals surface area contributed by atoms with Gasteiger partial charge in [0.25, 0.3) is 0 Å². The zero-order valence-electron chi connectivity index (χ0n) is 16.2. The van der Waals surface area contributed by atoms with Gasteiger partial charge in [-0.2, -0.15) is 0 Å². The normalized spacial score (nSPS) is 17.2. The molecule has 5 heteroatoms. The van der Waals surface area contributed by atoms with Gasteiger partial charge in [-0.05, 0) is 30.0 Å². The fourth-order valence-corrected chi connectivity index (χ4v) is 2.99. The van der Waals surface area contributed by atoms with Gasteiger partial charge >= 0.3 is 0 Å². The number of hydrogen-bond acceptors (Lipinski definition) is 3. The molecule has 0 unspecified atom stereocenters. The Hall–Kier alpha value is -1.59. The third kappa shape index (κ3) is 7.45. The van der Waals surface area contributed by atoms with E-state index in [1.165, 1.54) is 43.9 Å². The number of nitrogens with two attached hydrogens (primary N) is 1. The van der Waals surface area contributed by atoms with Crippen LogP contribution in [0.2, 0.25) is 0 Å². The average Bonchev–Trinajstić information content (AvgIpc) is 2.61. The second kappa shape index (κ2) is 10.4. The minimum Gasteiger partial charge on any atom is -0.370 e. The molecule has 1 fully saturated rings. The largest absolute Gasteiger partial charge is 0.370 e. The van der Waals surface area contributed by atoms with Crippen molar-refractivity contribution in [1.29, 1.82) is 0 Å². The summed E-state index contributed by atoms with van der Waals surface area (Å²) in [4.78, 5) is 9.47. The first kappa shape index (κ1) is 19.7. The monoisotopic (exact) mass is 345 g/mol. The number of piperazine rings is 1. The molecular weight excluding hydrogens is 310 g/mol. The lowest BCUT2D eigenvalue weighted by atomic mass is 10.1. The molecule has 0 spiro atoms. The molecule has 2 rings (SSSR count). The summed E-state index contributed by atoms with van der Waals surface area (Å²) in [5.74, 6) is 1.22. The Labute approximate surface area is 153 Å². The zero-order valence-corrected chi connectivity index (χ0v) is 16.2. The van der Waals surface area contributed by atoms with E-state index >= 15 is 0 Å². The second-order valence-electron chi connectivity index (χ2n) is 7.34. The van der Waals surface area contributed by atoms with Crippen LogP contribution in [0.5, 0.6) is 0 Å². The SMILES string of the molecule is CCN1CCN(Cc2ccc(CN=C(N)NCCC(C)C)cc2)CC1. The van der Waals surface area contributed by atoms with Crippen molar-refractivity contribution in [2.75, 3.05) is 39.3 Å². The Bertz CT molecular complexity index is 515. The summed E-state index contributed by atoms with van der Waals surface area (Å²) in [5, 5.41) is 3.18. The Morgan fingerprint density at radius 2 is 1.68 bits per heavy atom. The zero-order chi connectivity index (χ0) is 18.1. The highest BCUT2D eigenvalue weighted by Crippen LogP contribution is 2.11. The summed E-state index contributed by atoms with van der Waals surface area (Å²) < 4.78 is 0. The van der Waals surface area contributed by atoms with Crippen LogP contribution in [0.15, 0.2) is 29.3 Å². The van der Waals surface area contributed by atoms with Crippen LogP contribution in [0.3, 0.4) is 0 Å². The van der Waals surface area contributed by atoms with Crippen molar-refractivity contribution in [2.24, 2.45) is 16.6 Å². The van der Waals surface area contributed by atoms with Crippen LogP contribution in [0.25, 0.3) is 0 Å². The summed E-state index contributed by atoms with van der Waals surface area (Å²) >= 11 is 0. The molecule has 0 bridgehead atoms. The summed E-state index contributed by atoms with van der Waals surface area (Å²) in [7, 11) is 0. The number of aliphatic imine (C=N–C) groups is 1. The molecule has 25 heavy (non-hydrogen) atoms. The van der Waals surface area contributed by atoms with E-state index in [-0.39, 0.29) is 0 Å². The summed E-state index contributed by atoms with van der Waals surface area (Å²) in [6.45, 7) is 15.1. The maximum atomic E-state index is 5.91. The molecule has 1 aromatic rings. The van der Waals surface area contributed by atoms with Gasteiger partial charge in [0.2, 0.25) is 0 Å². The highest BCUT2D eigenvalue weighted by Gasteiger charge is 2.15. The smallest absolute Gasteiger partial charge is 0.188 e. The molecule has 1 heterocycles. The van der Waals surface area contributed by atoms with Crippen LogP contribution in [0.4, 0.5) is 0 Å². The van der Waals surface area contributed by atoms with Crippen LogP contribution < -0.4 is 11.1 Å². The molecular formula is C20H35N5. The van der Waals surface area contributed by atoms with E-state index in [1.807, 2.05) is 0 Å². The van der Waals surface area contributed by atoms with Gasteiger partial charge in [0.1, 0.15) is 0 Å². The van der Waals surface area contributed by atoms with Gasteiger partial charge in [-0.3, -0.25) is 4.90 Å². The third-order valence-electron chi connectivity index (χ3n) is 4.80. The lowest BCUT2D eigenvalue weighted by Crippen LogP contribution is -2.45. The Morgan fingerprint density at radius 3 is 2.28 bits per heavy atom. The van der Waals surface area contributed by atoms with Gasteiger partial charge in [0.15, 0.2) is 5.96 Å². The van der Waals surface area contributed by atoms with Crippen LogP contribution in [-0.4, -0.2) is 55.0 Å². The van der Waals surface area contributed by atoms with Crippen molar-refractivity contribution in [3.05, 3.63) is 35.4 Å². The van der Waals surface area contributed by atoms with Crippen LogP contribution in [-0.2, 0) is 13.1 Å². The first-order chi connectivity index (χ1) is 12.1. The highest BCUT2D eigenvalue weighted by molar-refractivity contribution is 5.77. The number of hydrogen-bond donors (Lipinski definition) is 2. The van der Waals surface area contributed by atoms with Gasteiger partial charge in [-0.25, -0.2) is 4.99 Å². The van der Waals surface area contributed by atoms with E-state index < -0.39 is 0 Å². The lowest BCUT2D eigenvalue weighted by molar-refractivity contribution is 0.132. The fraction of sp³-hybridized carbons (Fsp3) is 0.650. The van der Waals surface area contributed by atoms with Gasteiger partial charge in [-0.15, -0.1) is 0 Å². The number of likely N-dealkylation sites (N-methyl/N-ethyl adjacent to an activating group) is 1. The van der Waals surface area contributed by atoms with E-state index in [0.717, 1.165) is 19.5 Å². The van der Waals surface area contributed by atoms with Crippen molar-refractivity contribution in [3.8, 4) is 0 Å². The molecule has 1 aromatic carbocycles. The molecule has 1 aliphatic rings. The first-order valence-corrected chi connectivity index (χ1v) is 9.63. The predicted octanol–water partition coefficient (Wildman–Crippen LogP) is 2.27. The summed E-state index contributed by atoms with van der Waals surface area (Å²) in [5.41, 5.74) is 8.49. The summed E-state index contributed by atoms with van der Waals surface area (Å²) in [6.07, 6.45) is 1.11. The minimum absolute atomic E-state index is 0.540. The second-order valence-corrected chi connectivity index (χ2v) is 7.34. The average molecular weight is 346 g/mol. The molecule has 0 aromatic heterocycles. The lowest BCUT2D eigenvalue weighted by Gasteiger charge is -2.34. The number of nitrogens with one attached hydrogen (secondary N) is 1. The van der Waals surface area contributed by atoms with E-state index in [1.54, 1.807) is 0 Å². The highest BCUT2D eigenvalue weighted by atomic mass is 15.3. The number of rotatable bonds is 8. The van der Waals surface area contributed by atoms with Gasteiger partial charge < -0.3 is 16.0 Å². The molecule has 0 radical (unpaired) electrons. The molecule has 0 saturated carbocycles. The third-order valence-corrected chi connectivity index (χ3v) is 4.80. The number of nitrogens with zero attached hydrogens (tertiary/aromatic N) is 3. The molecule has 5 nitrogen and oxygen atoms in total. The van der Waals surface area contributed by atoms with Crippen LogP contribution in [0.1, 0.15) is 38.3 Å². The quantitative estimate of drug-likeness (QED) is 0.561. The molecule has 1 saturated heterocycles. The minimum atomic E-state index is 0.540. The Morgan fingerprint density at radius 1 is 1.08 bits per heavy atom. The summed E-state index contributed by atoms with van der Waals surface area (Å²) in [6, 6.07) is 8.78. The topological polar surface area (TPSA) is 56.9 Å².